The van der Waals surface area contributed by atoms with Gasteiger partial charge in [-0.15, -0.1) is 0 Å². The first-order valence-corrected chi connectivity index (χ1v) is 7.08. The fourth-order valence-corrected chi connectivity index (χ4v) is 2.69. The number of hydrogen-bond acceptors (Lipinski definition) is 2. The number of nitrogens with zero attached hydrogens (tertiary/aromatic N) is 1. The van der Waals surface area contributed by atoms with Gasteiger partial charge in [0.05, 0.1) is 0 Å². The minimum absolute atomic E-state index is 0.250. The maximum Gasteiger partial charge on any atom is 0.162 e. The molecule has 1 fully saturated rings. The molecule has 0 amide bonds. The SMILES string of the molecule is CCCC(=O)c1ccc(C2CCN(Cl)CC2)cc1. The van der Waals surface area contributed by atoms with Gasteiger partial charge in [0.1, 0.15) is 0 Å². The number of Topliss-reactive ketones (excluding diaryl/α,β-unsaturated/α-hetero) is 1. The van der Waals surface area contributed by atoms with Crippen LogP contribution in [-0.2, 0) is 0 Å². The van der Waals surface area contributed by atoms with Crippen molar-refractivity contribution in [1.82, 2.24) is 4.42 Å². The van der Waals surface area contributed by atoms with Gasteiger partial charge in [-0.25, -0.2) is 4.42 Å². The van der Waals surface area contributed by atoms with E-state index in [0.29, 0.717) is 12.3 Å². The molecule has 0 saturated carbocycles. The van der Waals surface area contributed by atoms with E-state index in [-0.39, 0.29) is 5.78 Å². The van der Waals surface area contributed by atoms with E-state index >= 15 is 0 Å². The van der Waals surface area contributed by atoms with Gasteiger partial charge >= 0.3 is 0 Å². The molecule has 1 aliphatic heterocycles. The molecule has 0 radical (unpaired) electrons. The summed E-state index contributed by atoms with van der Waals surface area (Å²) in [6, 6.07) is 8.16. The molecule has 0 aliphatic carbocycles. The fraction of sp³-hybridized carbons (Fsp3) is 0.533. The van der Waals surface area contributed by atoms with Crippen molar-refractivity contribution in [2.24, 2.45) is 0 Å². The van der Waals surface area contributed by atoms with E-state index < -0.39 is 0 Å². The highest BCUT2D eigenvalue weighted by Gasteiger charge is 2.19. The lowest BCUT2D eigenvalue weighted by atomic mass is 9.89. The third-order valence-electron chi connectivity index (χ3n) is 3.62. The minimum Gasteiger partial charge on any atom is -0.294 e. The van der Waals surface area contributed by atoms with E-state index in [9.17, 15) is 4.79 Å². The number of benzene rings is 1. The monoisotopic (exact) mass is 265 g/mol. The first-order valence-electron chi connectivity index (χ1n) is 6.74. The van der Waals surface area contributed by atoms with Crippen molar-refractivity contribution in [1.29, 1.82) is 0 Å². The average Bonchev–Trinajstić information content (AvgIpc) is 2.40. The van der Waals surface area contributed by atoms with Gasteiger partial charge in [0.2, 0.25) is 0 Å². The van der Waals surface area contributed by atoms with Crippen molar-refractivity contribution in [2.45, 2.75) is 38.5 Å². The Hall–Kier alpha value is -0.860. The van der Waals surface area contributed by atoms with Crippen molar-refractivity contribution in [3.63, 3.8) is 0 Å². The number of ketones is 1. The maximum absolute atomic E-state index is 11.8. The van der Waals surface area contributed by atoms with Crippen LogP contribution < -0.4 is 0 Å². The standard InChI is InChI=1S/C15H20ClNO/c1-2-3-15(18)14-6-4-12(5-7-14)13-8-10-17(16)11-9-13/h4-7,13H,2-3,8-11H2,1H3. The van der Waals surface area contributed by atoms with Gasteiger partial charge in [0, 0.05) is 25.1 Å². The molecule has 1 aromatic carbocycles. The van der Waals surface area contributed by atoms with Crippen molar-refractivity contribution in [3.8, 4) is 0 Å². The lowest BCUT2D eigenvalue weighted by Crippen LogP contribution is -2.25. The number of rotatable bonds is 4. The van der Waals surface area contributed by atoms with Gasteiger partial charge in [-0.2, -0.15) is 0 Å². The van der Waals surface area contributed by atoms with E-state index in [1.165, 1.54) is 5.56 Å². The summed E-state index contributed by atoms with van der Waals surface area (Å²) in [5.41, 5.74) is 2.18. The molecular weight excluding hydrogens is 246 g/mol. The lowest BCUT2D eigenvalue weighted by molar-refractivity contribution is 0.0981. The summed E-state index contributed by atoms with van der Waals surface area (Å²) in [5.74, 6) is 0.843. The Kier molecular flexibility index (Phi) is 4.79. The molecule has 3 heteroatoms. The zero-order valence-electron chi connectivity index (χ0n) is 10.9. The number of hydrogen-bond donors (Lipinski definition) is 0. The maximum atomic E-state index is 11.8. The van der Waals surface area contributed by atoms with E-state index in [0.717, 1.165) is 37.9 Å². The molecule has 0 atom stereocenters. The zero-order valence-corrected chi connectivity index (χ0v) is 11.6. The van der Waals surface area contributed by atoms with E-state index in [1.54, 1.807) is 0 Å². The van der Waals surface area contributed by atoms with Crippen LogP contribution in [0.4, 0.5) is 0 Å². The van der Waals surface area contributed by atoms with Gasteiger partial charge in [-0.3, -0.25) is 4.79 Å². The Morgan fingerprint density at radius 1 is 1.28 bits per heavy atom. The highest BCUT2D eigenvalue weighted by Crippen LogP contribution is 2.28. The Morgan fingerprint density at radius 3 is 2.44 bits per heavy atom. The fourth-order valence-electron chi connectivity index (χ4n) is 2.49. The second-order valence-corrected chi connectivity index (χ2v) is 5.46. The first kappa shape index (κ1) is 13.6. The van der Waals surface area contributed by atoms with Gasteiger partial charge < -0.3 is 0 Å². The van der Waals surface area contributed by atoms with Crippen LogP contribution in [0.3, 0.4) is 0 Å². The molecule has 0 N–H and O–H groups in total. The Morgan fingerprint density at radius 2 is 1.89 bits per heavy atom. The summed E-state index contributed by atoms with van der Waals surface area (Å²) in [5, 5.41) is 0. The molecule has 0 unspecified atom stereocenters. The van der Waals surface area contributed by atoms with E-state index in [1.807, 2.05) is 23.5 Å². The molecule has 2 rings (SSSR count). The molecule has 0 aromatic heterocycles. The van der Waals surface area contributed by atoms with Crippen molar-refractivity contribution < 1.29 is 4.79 Å². The van der Waals surface area contributed by atoms with Crippen molar-refractivity contribution in [3.05, 3.63) is 35.4 Å². The van der Waals surface area contributed by atoms with Gasteiger partial charge in [-0.1, -0.05) is 31.2 Å². The molecule has 18 heavy (non-hydrogen) atoms. The average molecular weight is 266 g/mol. The molecule has 1 aliphatic rings. The highest BCUT2D eigenvalue weighted by molar-refractivity contribution is 6.13. The second kappa shape index (κ2) is 6.35. The smallest absolute Gasteiger partial charge is 0.162 e. The molecule has 0 spiro atoms. The van der Waals surface area contributed by atoms with Crippen LogP contribution in [-0.4, -0.2) is 23.3 Å². The highest BCUT2D eigenvalue weighted by atomic mass is 35.5. The van der Waals surface area contributed by atoms with Gasteiger partial charge in [-0.05, 0) is 42.5 Å². The van der Waals surface area contributed by atoms with E-state index in [2.05, 4.69) is 12.1 Å². The summed E-state index contributed by atoms with van der Waals surface area (Å²) in [7, 11) is 0. The summed E-state index contributed by atoms with van der Waals surface area (Å²) in [6.07, 6.45) is 3.76. The van der Waals surface area contributed by atoms with Gasteiger partial charge in [0.25, 0.3) is 0 Å². The van der Waals surface area contributed by atoms with E-state index in [4.69, 9.17) is 11.8 Å². The van der Waals surface area contributed by atoms with Crippen molar-refractivity contribution in [2.75, 3.05) is 13.1 Å². The summed E-state index contributed by atoms with van der Waals surface area (Å²) < 4.78 is 1.86. The molecule has 0 bridgehead atoms. The normalized spacial score (nSPS) is 17.9. The number of piperidine rings is 1. The summed E-state index contributed by atoms with van der Waals surface area (Å²) >= 11 is 5.96. The summed E-state index contributed by atoms with van der Waals surface area (Å²) in [6.45, 7) is 3.93. The summed E-state index contributed by atoms with van der Waals surface area (Å²) in [4.78, 5) is 11.8. The second-order valence-electron chi connectivity index (χ2n) is 4.98. The number of carbonyl (C=O) groups is 1. The third kappa shape index (κ3) is 3.33. The molecular formula is C15H20ClNO. The largest absolute Gasteiger partial charge is 0.294 e. The van der Waals surface area contributed by atoms with Crippen LogP contribution in [0.1, 0.15) is 54.4 Å². The lowest BCUT2D eigenvalue weighted by Gasteiger charge is -2.27. The molecule has 1 aromatic rings. The van der Waals surface area contributed by atoms with Crippen LogP contribution in [0.2, 0.25) is 0 Å². The molecule has 98 valence electrons. The quantitative estimate of drug-likeness (QED) is 0.606. The van der Waals surface area contributed by atoms with Gasteiger partial charge in [0.15, 0.2) is 5.78 Å². The molecule has 2 nitrogen and oxygen atoms in total. The van der Waals surface area contributed by atoms with Crippen LogP contribution in [0, 0.1) is 0 Å². The Bertz CT molecular complexity index is 393. The van der Waals surface area contributed by atoms with Crippen molar-refractivity contribution >= 4 is 17.6 Å². The Balaban J connectivity index is 2.01. The predicted octanol–water partition coefficient (Wildman–Crippen LogP) is 4.00. The molecule has 1 saturated heterocycles. The predicted molar refractivity (Wildman–Crippen MR) is 75.1 cm³/mol. The number of halogens is 1. The first-order chi connectivity index (χ1) is 8.70. The topological polar surface area (TPSA) is 20.3 Å². The van der Waals surface area contributed by atoms with Crippen LogP contribution in [0.5, 0.6) is 0 Å². The number of carbonyl (C=O) groups excluding carboxylic acids is 1. The Labute approximate surface area is 114 Å². The third-order valence-corrected chi connectivity index (χ3v) is 3.96. The van der Waals surface area contributed by atoms with Crippen LogP contribution in [0.25, 0.3) is 0 Å². The zero-order chi connectivity index (χ0) is 13.0. The van der Waals surface area contributed by atoms with Crippen LogP contribution in [0.15, 0.2) is 24.3 Å². The molecule has 1 heterocycles. The van der Waals surface area contributed by atoms with Crippen LogP contribution >= 0.6 is 11.8 Å². The minimum atomic E-state index is 0.250.